The Kier molecular flexibility index (Phi) is 5.14. The van der Waals surface area contributed by atoms with Gasteiger partial charge in [-0.3, -0.25) is 14.7 Å². The van der Waals surface area contributed by atoms with E-state index in [1.54, 1.807) is 0 Å². The van der Waals surface area contributed by atoms with E-state index in [2.05, 4.69) is 9.98 Å². The second-order valence-corrected chi connectivity index (χ2v) is 7.23. The number of likely N-dealkylation sites (N-methyl/N-ethyl adjacent to an activating group) is 1. The van der Waals surface area contributed by atoms with Gasteiger partial charge in [-0.05, 0) is 53.1 Å². The number of nitrogens with zero attached hydrogens (tertiary/aromatic N) is 4. The van der Waals surface area contributed by atoms with Gasteiger partial charge in [0.1, 0.15) is 6.67 Å². The number of nitrogens with two attached hydrogens (primary N) is 1. The average molecular weight is 435 g/mol. The van der Waals surface area contributed by atoms with Crippen LogP contribution in [0.25, 0.3) is 11.1 Å². The predicted octanol–water partition coefficient (Wildman–Crippen LogP) is 3.40. The van der Waals surface area contributed by atoms with Crippen LogP contribution in [0.3, 0.4) is 0 Å². The maximum atomic E-state index is 14.8. The number of rotatable bonds is 4. The van der Waals surface area contributed by atoms with Crippen molar-refractivity contribution in [2.24, 2.45) is 10.7 Å². The largest absolute Gasteiger partial charge is 0.369 e. The third-order valence-electron chi connectivity index (χ3n) is 5.36. The number of amides is 1. The number of hydrogen-bond donors (Lipinski definition) is 1. The van der Waals surface area contributed by atoms with Crippen molar-refractivity contribution in [3.8, 4) is 17.2 Å². The Morgan fingerprint density at radius 1 is 1.16 bits per heavy atom. The fraction of sp³-hybridized carbons (Fsp3) is 0.130. The molecule has 9 heteroatoms. The number of guanidine groups is 1. The van der Waals surface area contributed by atoms with Crippen LogP contribution in [0.5, 0.6) is 0 Å². The maximum absolute atomic E-state index is 14.8. The van der Waals surface area contributed by atoms with E-state index in [1.807, 2.05) is 6.07 Å². The van der Waals surface area contributed by atoms with Gasteiger partial charge in [-0.15, -0.1) is 0 Å². The summed E-state index contributed by atoms with van der Waals surface area (Å²) < 4.78 is 42.9. The van der Waals surface area contributed by atoms with Crippen LogP contribution in [-0.2, 0) is 17.0 Å². The van der Waals surface area contributed by atoms with Gasteiger partial charge in [-0.2, -0.15) is 5.26 Å². The van der Waals surface area contributed by atoms with Crippen molar-refractivity contribution >= 4 is 11.9 Å². The minimum atomic E-state index is -1.86. The standard InChI is InChI=1S/C23H16F3N5O/c1-31-21(32)23(30-22(31)28,15-5-6-29-17(8-15)11-24)16-9-18(20(26)19(25)10-16)14-4-2-3-13(7-14)12-27/h2-10H,11H2,1H3,(H2,28,30). The highest BCUT2D eigenvalue weighted by molar-refractivity contribution is 6.09. The van der Waals surface area contributed by atoms with Crippen molar-refractivity contribution in [1.82, 2.24) is 9.88 Å². The topological polar surface area (TPSA) is 95.4 Å². The van der Waals surface area contributed by atoms with Crippen molar-refractivity contribution in [1.29, 1.82) is 5.26 Å². The Morgan fingerprint density at radius 2 is 1.94 bits per heavy atom. The molecule has 0 fully saturated rings. The number of carbonyl (C=O) groups is 1. The number of nitriles is 1. The number of carbonyl (C=O) groups excluding carboxylic acids is 1. The summed E-state index contributed by atoms with van der Waals surface area (Å²) in [6, 6.07) is 12.9. The molecule has 2 heterocycles. The zero-order valence-corrected chi connectivity index (χ0v) is 16.8. The van der Waals surface area contributed by atoms with E-state index in [1.165, 1.54) is 55.7 Å². The van der Waals surface area contributed by atoms with Gasteiger partial charge >= 0.3 is 0 Å². The highest BCUT2D eigenvalue weighted by atomic mass is 19.2. The fourth-order valence-corrected chi connectivity index (χ4v) is 3.72. The summed E-state index contributed by atoms with van der Waals surface area (Å²) in [6.07, 6.45) is 1.31. The van der Waals surface area contributed by atoms with Crippen LogP contribution in [0, 0.1) is 23.0 Å². The summed E-state index contributed by atoms with van der Waals surface area (Å²) in [7, 11) is 1.40. The first-order valence-electron chi connectivity index (χ1n) is 9.46. The molecule has 1 aromatic heterocycles. The summed E-state index contributed by atoms with van der Waals surface area (Å²) in [5, 5.41) is 9.16. The molecule has 32 heavy (non-hydrogen) atoms. The maximum Gasteiger partial charge on any atom is 0.266 e. The molecule has 6 nitrogen and oxygen atoms in total. The van der Waals surface area contributed by atoms with E-state index in [4.69, 9.17) is 11.0 Å². The SMILES string of the molecule is CN1C(=O)C(c2ccnc(CF)c2)(c2cc(F)c(F)c(-c3cccc(C#N)c3)c2)N=C1N. The molecule has 1 unspecified atom stereocenters. The molecule has 4 rings (SSSR count). The highest BCUT2D eigenvalue weighted by Gasteiger charge is 2.50. The molecule has 1 aliphatic rings. The normalized spacial score (nSPS) is 17.9. The Bertz CT molecular complexity index is 1320. The van der Waals surface area contributed by atoms with Gasteiger partial charge in [0.25, 0.3) is 5.91 Å². The van der Waals surface area contributed by atoms with Crippen molar-refractivity contribution in [2.75, 3.05) is 7.05 Å². The lowest BCUT2D eigenvalue weighted by molar-refractivity contribution is -0.129. The van der Waals surface area contributed by atoms with Crippen molar-refractivity contribution in [2.45, 2.75) is 12.2 Å². The Labute approximate surface area is 181 Å². The number of pyridine rings is 1. The van der Waals surface area contributed by atoms with Crippen molar-refractivity contribution in [3.63, 3.8) is 0 Å². The molecule has 0 saturated carbocycles. The first-order chi connectivity index (χ1) is 15.3. The summed E-state index contributed by atoms with van der Waals surface area (Å²) in [6.45, 7) is -0.892. The molecule has 160 valence electrons. The predicted molar refractivity (Wildman–Crippen MR) is 111 cm³/mol. The van der Waals surface area contributed by atoms with Crippen molar-refractivity contribution in [3.05, 3.63) is 88.7 Å². The van der Waals surface area contributed by atoms with Gasteiger partial charge in [0.15, 0.2) is 23.1 Å². The molecular weight excluding hydrogens is 419 g/mol. The van der Waals surface area contributed by atoms with E-state index >= 15 is 0 Å². The monoisotopic (exact) mass is 435 g/mol. The number of alkyl halides is 1. The second-order valence-electron chi connectivity index (χ2n) is 7.23. The lowest BCUT2D eigenvalue weighted by Gasteiger charge is -2.27. The zero-order chi connectivity index (χ0) is 23.0. The van der Waals surface area contributed by atoms with Gasteiger partial charge in [0.2, 0.25) is 0 Å². The number of aromatic nitrogens is 1. The Balaban J connectivity index is 2.02. The van der Waals surface area contributed by atoms with E-state index < -0.39 is 29.8 Å². The van der Waals surface area contributed by atoms with Gasteiger partial charge < -0.3 is 5.73 Å². The number of halogens is 3. The van der Waals surface area contributed by atoms with Gasteiger partial charge in [-0.25, -0.2) is 18.2 Å². The molecular formula is C23H16F3N5O. The Hall–Kier alpha value is -4.19. The average Bonchev–Trinajstić information content (AvgIpc) is 3.05. The van der Waals surface area contributed by atoms with Crippen LogP contribution in [0.2, 0.25) is 0 Å². The highest BCUT2D eigenvalue weighted by Crippen LogP contribution is 2.42. The van der Waals surface area contributed by atoms with E-state index in [-0.39, 0.29) is 39.5 Å². The fourth-order valence-electron chi connectivity index (χ4n) is 3.72. The summed E-state index contributed by atoms with van der Waals surface area (Å²) in [4.78, 5) is 22.6. The molecule has 0 saturated heterocycles. The lowest BCUT2D eigenvalue weighted by atomic mass is 9.81. The van der Waals surface area contributed by atoms with Gasteiger partial charge in [0.05, 0.1) is 17.3 Å². The molecule has 0 bridgehead atoms. The molecule has 1 atom stereocenters. The number of benzene rings is 2. The minimum absolute atomic E-state index is 0.00192. The smallest absolute Gasteiger partial charge is 0.266 e. The van der Waals surface area contributed by atoms with Crippen LogP contribution in [0.1, 0.15) is 22.4 Å². The third-order valence-corrected chi connectivity index (χ3v) is 5.36. The van der Waals surface area contributed by atoms with E-state index in [0.29, 0.717) is 0 Å². The summed E-state index contributed by atoms with van der Waals surface area (Å²) in [5.41, 5.74) is 4.64. The quantitative estimate of drug-likeness (QED) is 0.680. The zero-order valence-electron chi connectivity index (χ0n) is 16.8. The van der Waals surface area contributed by atoms with E-state index in [0.717, 1.165) is 11.0 Å². The van der Waals surface area contributed by atoms with Crippen molar-refractivity contribution < 1.29 is 18.0 Å². The molecule has 0 radical (unpaired) electrons. The first kappa shape index (κ1) is 21.1. The molecule has 1 aliphatic heterocycles. The van der Waals surface area contributed by atoms with E-state index in [9.17, 15) is 18.0 Å². The van der Waals surface area contributed by atoms with Crippen LogP contribution in [-0.4, -0.2) is 28.8 Å². The van der Waals surface area contributed by atoms with Gasteiger partial charge in [0, 0.05) is 18.8 Å². The second kappa shape index (κ2) is 7.81. The minimum Gasteiger partial charge on any atom is -0.369 e. The summed E-state index contributed by atoms with van der Waals surface area (Å²) >= 11 is 0. The van der Waals surface area contributed by atoms with Gasteiger partial charge in [-0.1, -0.05) is 12.1 Å². The third kappa shape index (κ3) is 3.17. The molecule has 1 amide bonds. The lowest BCUT2D eigenvalue weighted by Crippen LogP contribution is -2.41. The summed E-state index contributed by atoms with van der Waals surface area (Å²) in [5.74, 6) is -3.11. The van der Waals surface area contributed by atoms with Crippen LogP contribution < -0.4 is 5.73 Å². The molecule has 2 N–H and O–H groups in total. The molecule has 0 aliphatic carbocycles. The van der Waals surface area contributed by atoms with Crippen LogP contribution in [0.4, 0.5) is 13.2 Å². The van der Waals surface area contributed by atoms with Crippen LogP contribution in [0.15, 0.2) is 59.7 Å². The number of aliphatic imine (C=N–C) groups is 1. The first-order valence-corrected chi connectivity index (χ1v) is 9.46. The molecule has 0 spiro atoms. The number of hydrogen-bond acceptors (Lipinski definition) is 5. The molecule has 2 aromatic carbocycles. The Morgan fingerprint density at radius 3 is 2.59 bits per heavy atom. The van der Waals surface area contributed by atoms with Crippen LogP contribution >= 0.6 is 0 Å². The molecule has 3 aromatic rings.